The molecule has 0 aliphatic rings. The van der Waals surface area contributed by atoms with E-state index in [4.69, 9.17) is 11.6 Å². The van der Waals surface area contributed by atoms with Crippen molar-refractivity contribution in [2.45, 2.75) is 33.2 Å². The van der Waals surface area contributed by atoms with Gasteiger partial charge in [-0.15, -0.1) is 0 Å². The topological polar surface area (TPSA) is 46.2 Å². The van der Waals surface area contributed by atoms with Gasteiger partial charge in [-0.3, -0.25) is 0 Å². The van der Waals surface area contributed by atoms with E-state index in [0.29, 0.717) is 10.9 Å². The van der Waals surface area contributed by atoms with Crippen LogP contribution in [0.2, 0.25) is 5.02 Å². The first kappa shape index (κ1) is 14.5. The van der Waals surface area contributed by atoms with Crippen LogP contribution in [0.4, 0.5) is 0 Å². The van der Waals surface area contributed by atoms with Crippen molar-refractivity contribution in [3.8, 4) is 0 Å². The van der Waals surface area contributed by atoms with Gasteiger partial charge in [0.15, 0.2) is 0 Å². The van der Waals surface area contributed by atoms with E-state index < -0.39 is 10.0 Å². The summed E-state index contributed by atoms with van der Waals surface area (Å²) in [5, 5.41) is 0.606. The second-order valence-electron chi connectivity index (χ2n) is 4.23. The van der Waals surface area contributed by atoms with E-state index in [1.165, 1.54) is 0 Å². The lowest BCUT2D eigenvalue weighted by atomic mass is 10.0. The molecule has 0 atom stereocenters. The van der Waals surface area contributed by atoms with E-state index in [0.717, 1.165) is 11.1 Å². The smallest absolute Gasteiger partial charge is 0.211 e. The Labute approximate surface area is 108 Å². The van der Waals surface area contributed by atoms with Crippen molar-refractivity contribution in [3.63, 3.8) is 0 Å². The summed E-state index contributed by atoms with van der Waals surface area (Å²) in [6, 6.07) is 5.74. The summed E-state index contributed by atoms with van der Waals surface area (Å²) in [6.07, 6.45) is 0. The Balaban J connectivity index is 2.80. The van der Waals surface area contributed by atoms with Crippen molar-refractivity contribution in [2.24, 2.45) is 0 Å². The average Bonchev–Trinajstić information content (AvgIpc) is 2.27. The first-order valence-corrected chi connectivity index (χ1v) is 7.64. The average molecular weight is 276 g/mol. The van der Waals surface area contributed by atoms with Crippen LogP contribution in [0.1, 0.15) is 37.8 Å². The predicted molar refractivity (Wildman–Crippen MR) is 71.8 cm³/mol. The maximum atomic E-state index is 11.3. The van der Waals surface area contributed by atoms with Gasteiger partial charge in [0, 0.05) is 11.6 Å². The maximum Gasteiger partial charge on any atom is 0.211 e. The number of sulfonamides is 1. The second-order valence-corrected chi connectivity index (χ2v) is 6.73. The lowest BCUT2D eigenvalue weighted by molar-refractivity contribution is 0.582. The molecule has 3 nitrogen and oxygen atoms in total. The molecule has 1 aromatic carbocycles. The van der Waals surface area contributed by atoms with Gasteiger partial charge < -0.3 is 0 Å². The molecule has 1 N–H and O–H groups in total. The SMILES string of the molecule is CCS(=O)(=O)NCc1ccc(C(C)C)cc1Cl. The molecule has 0 radical (unpaired) electrons. The number of hydrogen-bond donors (Lipinski definition) is 1. The third-order valence-corrected chi connectivity index (χ3v) is 4.30. The van der Waals surface area contributed by atoms with Crippen molar-refractivity contribution in [1.29, 1.82) is 0 Å². The normalized spacial score (nSPS) is 12.1. The Kier molecular flexibility index (Phi) is 4.98. The van der Waals surface area contributed by atoms with Crippen LogP contribution in [0, 0.1) is 0 Å². The molecule has 5 heteroatoms. The number of hydrogen-bond acceptors (Lipinski definition) is 2. The van der Waals surface area contributed by atoms with Gasteiger partial charge in [0.05, 0.1) is 5.75 Å². The zero-order chi connectivity index (χ0) is 13.1. The number of rotatable bonds is 5. The maximum absolute atomic E-state index is 11.3. The highest BCUT2D eigenvalue weighted by atomic mass is 35.5. The fourth-order valence-electron chi connectivity index (χ4n) is 1.36. The Bertz CT molecular complexity index is 483. The van der Waals surface area contributed by atoms with Gasteiger partial charge in [0.1, 0.15) is 0 Å². The minimum absolute atomic E-state index is 0.0781. The van der Waals surface area contributed by atoms with E-state index in [9.17, 15) is 8.42 Å². The molecule has 1 aromatic rings. The zero-order valence-electron chi connectivity index (χ0n) is 10.3. The van der Waals surface area contributed by atoms with Crippen LogP contribution in [0.25, 0.3) is 0 Å². The Morgan fingerprint density at radius 3 is 2.47 bits per heavy atom. The van der Waals surface area contributed by atoms with Crippen molar-refractivity contribution in [3.05, 3.63) is 34.3 Å². The standard InChI is InChI=1S/C12H18ClNO2S/c1-4-17(15,16)14-8-11-6-5-10(9(2)3)7-12(11)13/h5-7,9,14H,4,8H2,1-3H3. The fourth-order valence-corrected chi connectivity index (χ4v) is 2.19. The molecule has 0 aliphatic carbocycles. The van der Waals surface area contributed by atoms with Gasteiger partial charge in [0.25, 0.3) is 0 Å². The van der Waals surface area contributed by atoms with Crippen LogP contribution >= 0.6 is 11.6 Å². The van der Waals surface area contributed by atoms with Crippen LogP contribution in [0.3, 0.4) is 0 Å². The van der Waals surface area contributed by atoms with Crippen molar-refractivity contribution < 1.29 is 8.42 Å². The third-order valence-electron chi connectivity index (χ3n) is 2.61. The summed E-state index contributed by atoms with van der Waals surface area (Å²) in [7, 11) is -3.17. The molecular formula is C12H18ClNO2S. The molecular weight excluding hydrogens is 258 g/mol. The Morgan fingerprint density at radius 1 is 1.35 bits per heavy atom. The van der Waals surface area contributed by atoms with Crippen LogP contribution in [0.5, 0.6) is 0 Å². The van der Waals surface area contributed by atoms with E-state index in [-0.39, 0.29) is 12.3 Å². The fraction of sp³-hybridized carbons (Fsp3) is 0.500. The van der Waals surface area contributed by atoms with Crippen molar-refractivity contribution in [2.75, 3.05) is 5.75 Å². The van der Waals surface area contributed by atoms with Crippen LogP contribution in [-0.2, 0) is 16.6 Å². The monoisotopic (exact) mass is 275 g/mol. The van der Waals surface area contributed by atoms with Gasteiger partial charge in [-0.25, -0.2) is 13.1 Å². The first-order valence-electron chi connectivity index (χ1n) is 5.61. The van der Waals surface area contributed by atoms with Gasteiger partial charge >= 0.3 is 0 Å². The number of halogens is 1. The molecule has 0 heterocycles. The van der Waals surface area contributed by atoms with Crippen LogP contribution < -0.4 is 4.72 Å². The molecule has 96 valence electrons. The quantitative estimate of drug-likeness (QED) is 0.898. The predicted octanol–water partition coefficient (Wildman–Crippen LogP) is 2.90. The highest BCUT2D eigenvalue weighted by Gasteiger charge is 2.09. The molecule has 17 heavy (non-hydrogen) atoms. The largest absolute Gasteiger partial charge is 0.212 e. The zero-order valence-corrected chi connectivity index (χ0v) is 11.9. The Morgan fingerprint density at radius 2 is 2.00 bits per heavy atom. The summed E-state index contributed by atoms with van der Waals surface area (Å²) in [5.41, 5.74) is 1.95. The molecule has 1 rings (SSSR count). The molecule has 0 bridgehead atoms. The summed E-state index contributed by atoms with van der Waals surface area (Å²) in [4.78, 5) is 0. The lowest BCUT2D eigenvalue weighted by Gasteiger charge is -2.10. The minimum Gasteiger partial charge on any atom is -0.212 e. The van der Waals surface area contributed by atoms with Gasteiger partial charge in [-0.05, 0) is 30.0 Å². The molecule has 0 aromatic heterocycles. The van der Waals surface area contributed by atoms with E-state index in [2.05, 4.69) is 18.6 Å². The van der Waals surface area contributed by atoms with Crippen molar-refractivity contribution >= 4 is 21.6 Å². The first-order chi connectivity index (χ1) is 7.85. The third kappa shape index (κ3) is 4.30. The summed E-state index contributed by atoms with van der Waals surface area (Å²) in [6.45, 7) is 6.02. The van der Waals surface area contributed by atoms with Gasteiger partial charge in [-0.1, -0.05) is 37.6 Å². The molecule has 0 amide bonds. The highest BCUT2D eigenvalue weighted by molar-refractivity contribution is 7.89. The summed E-state index contributed by atoms with van der Waals surface area (Å²) < 4.78 is 25.1. The number of nitrogens with one attached hydrogen (secondary N) is 1. The molecule has 0 saturated carbocycles. The summed E-state index contributed by atoms with van der Waals surface area (Å²) in [5.74, 6) is 0.489. The van der Waals surface area contributed by atoms with Crippen LogP contribution in [0.15, 0.2) is 18.2 Å². The van der Waals surface area contributed by atoms with E-state index in [1.807, 2.05) is 18.2 Å². The van der Waals surface area contributed by atoms with Gasteiger partial charge in [-0.2, -0.15) is 0 Å². The lowest BCUT2D eigenvalue weighted by Crippen LogP contribution is -2.24. The Hall–Kier alpha value is -0.580. The van der Waals surface area contributed by atoms with Crippen LogP contribution in [-0.4, -0.2) is 14.2 Å². The highest BCUT2D eigenvalue weighted by Crippen LogP contribution is 2.22. The molecule has 0 aliphatic heterocycles. The van der Waals surface area contributed by atoms with Crippen molar-refractivity contribution in [1.82, 2.24) is 4.72 Å². The minimum atomic E-state index is -3.17. The summed E-state index contributed by atoms with van der Waals surface area (Å²) >= 11 is 6.11. The van der Waals surface area contributed by atoms with E-state index >= 15 is 0 Å². The van der Waals surface area contributed by atoms with Gasteiger partial charge in [0.2, 0.25) is 10.0 Å². The molecule has 0 saturated heterocycles. The second kappa shape index (κ2) is 5.85. The molecule has 0 fully saturated rings. The molecule has 0 unspecified atom stereocenters. The number of benzene rings is 1. The molecule has 0 spiro atoms. The van der Waals surface area contributed by atoms with E-state index in [1.54, 1.807) is 6.92 Å².